The maximum absolute atomic E-state index is 11.3. The Labute approximate surface area is 236 Å². The van der Waals surface area contributed by atoms with Crippen molar-refractivity contribution in [1.82, 2.24) is 4.57 Å². The number of nitrogens with zero attached hydrogens (tertiary/aromatic N) is 2. The van der Waals surface area contributed by atoms with Gasteiger partial charge in [-0.3, -0.25) is 0 Å². The number of phenols is 1. The van der Waals surface area contributed by atoms with Crippen LogP contribution in [0.5, 0.6) is 5.75 Å². The SMILES string of the molecule is Cc1ccc(-c2c(O)ccc3oc4ccccc4c23)c(C)c1-c1n(-c2c(C(C)C)cccc2C(C)C)cc[n+]1C. The van der Waals surface area contributed by atoms with E-state index in [1.165, 1.54) is 27.9 Å². The lowest BCUT2D eigenvalue weighted by Crippen LogP contribution is -2.30. The van der Waals surface area contributed by atoms with Crippen LogP contribution >= 0.6 is 0 Å². The van der Waals surface area contributed by atoms with Gasteiger partial charge in [0, 0.05) is 27.5 Å². The monoisotopic (exact) mass is 529 g/mol. The molecule has 6 aromatic rings. The molecule has 0 saturated heterocycles. The Hall–Kier alpha value is -4.31. The van der Waals surface area contributed by atoms with Crippen LogP contribution in [-0.4, -0.2) is 9.67 Å². The van der Waals surface area contributed by atoms with Crippen LogP contribution in [0.4, 0.5) is 0 Å². The van der Waals surface area contributed by atoms with Gasteiger partial charge in [-0.25, -0.2) is 4.57 Å². The highest BCUT2D eigenvalue weighted by Crippen LogP contribution is 2.45. The summed E-state index contributed by atoms with van der Waals surface area (Å²) in [5, 5.41) is 13.2. The molecule has 0 radical (unpaired) electrons. The molecule has 0 unspecified atom stereocenters. The number of hydrogen-bond donors (Lipinski definition) is 1. The summed E-state index contributed by atoms with van der Waals surface area (Å²) in [4.78, 5) is 0. The second-order valence-corrected chi connectivity index (χ2v) is 11.6. The van der Waals surface area contributed by atoms with Crippen molar-refractivity contribution in [1.29, 1.82) is 0 Å². The number of fused-ring (bicyclic) bond motifs is 3. The first-order chi connectivity index (χ1) is 19.2. The van der Waals surface area contributed by atoms with Crippen molar-refractivity contribution in [2.45, 2.75) is 53.4 Å². The minimum absolute atomic E-state index is 0.254. The van der Waals surface area contributed by atoms with Crippen LogP contribution in [0.3, 0.4) is 0 Å². The van der Waals surface area contributed by atoms with Crippen LogP contribution in [0.2, 0.25) is 0 Å². The molecule has 4 heteroatoms. The third-order valence-electron chi connectivity index (χ3n) is 8.27. The lowest BCUT2D eigenvalue weighted by molar-refractivity contribution is -0.659. The highest BCUT2D eigenvalue weighted by Gasteiger charge is 2.29. The third-order valence-corrected chi connectivity index (χ3v) is 8.27. The van der Waals surface area contributed by atoms with Crippen LogP contribution in [0.1, 0.15) is 61.8 Å². The summed E-state index contributed by atoms with van der Waals surface area (Å²) < 4.78 is 10.8. The average Bonchev–Trinajstić information content (AvgIpc) is 3.49. The Morgan fingerprint density at radius 1 is 0.775 bits per heavy atom. The zero-order valence-electron chi connectivity index (χ0n) is 24.4. The fraction of sp³-hybridized carbons (Fsp3) is 0.250. The molecule has 0 bridgehead atoms. The summed E-state index contributed by atoms with van der Waals surface area (Å²) in [5.74, 6) is 2.14. The molecule has 0 spiro atoms. The van der Waals surface area contributed by atoms with E-state index in [1.54, 1.807) is 6.07 Å². The fourth-order valence-corrected chi connectivity index (χ4v) is 6.29. The molecule has 4 nitrogen and oxygen atoms in total. The molecule has 6 rings (SSSR count). The van der Waals surface area contributed by atoms with Gasteiger partial charge in [0.25, 0.3) is 5.82 Å². The van der Waals surface area contributed by atoms with E-state index in [2.05, 4.69) is 107 Å². The van der Waals surface area contributed by atoms with Gasteiger partial charge in [-0.2, -0.15) is 4.57 Å². The van der Waals surface area contributed by atoms with E-state index in [0.29, 0.717) is 11.8 Å². The van der Waals surface area contributed by atoms with Crippen molar-refractivity contribution in [3.8, 4) is 34.0 Å². The van der Waals surface area contributed by atoms with E-state index >= 15 is 0 Å². The number of furan rings is 1. The molecule has 0 aliphatic carbocycles. The van der Waals surface area contributed by atoms with Gasteiger partial charge in [0.2, 0.25) is 0 Å². The second kappa shape index (κ2) is 9.71. The minimum atomic E-state index is 0.254. The topological polar surface area (TPSA) is 42.2 Å². The van der Waals surface area contributed by atoms with E-state index in [4.69, 9.17) is 4.42 Å². The van der Waals surface area contributed by atoms with Gasteiger partial charge in [-0.15, -0.1) is 0 Å². The van der Waals surface area contributed by atoms with E-state index in [0.717, 1.165) is 44.5 Å². The second-order valence-electron chi connectivity index (χ2n) is 11.6. The maximum atomic E-state index is 11.3. The zero-order chi connectivity index (χ0) is 28.3. The van der Waals surface area contributed by atoms with Crippen LogP contribution < -0.4 is 4.57 Å². The normalized spacial score (nSPS) is 11.9. The number of hydrogen-bond acceptors (Lipinski definition) is 2. The lowest BCUT2D eigenvalue weighted by atomic mass is 9.89. The predicted molar refractivity (Wildman–Crippen MR) is 164 cm³/mol. The number of phenolic OH excluding ortho intramolecular Hbond substituents is 1. The average molecular weight is 530 g/mol. The van der Waals surface area contributed by atoms with Crippen LogP contribution in [0.25, 0.3) is 50.1 Å². The first-order valence-electron chi connectivity index (χ1n) is 14.1. The highest BCUT2D eigenvalue weighted by molar-refractivity contribution is 6.14. The van der Waals surface area contributed by atoms with Gasteiger partial charge in [0.15, 0.2) is 0 Å². The largest absolute Gasteiger partial charge is 0.507 e. The smallest absolute Gasteiger partial charge is 0.294 e. The summed E-state index contributed by atoms with van der Waals surface area (Å²) in [7, 11) is 2.12. The van der Waals surface area contributed by atoms with Crippen molar-refractivity contribution < 1.29 is 14.1 Å². The molecule has 0 aliphatic heterocycles. The molecule has 4 aromatic carbocycles. The Balaban J connectivity index is 1.67. The van der Waals surface area contributed by atoms with Gasteiger partial charge in [0.05, 0.1) is 12.6 Å². The standard InChI is InChI=1S/C36H36N2O2/c1-21(2)25-12-10-13-26(22(3)4)35(25)38-20-19-37(7)36(38)32-23(5)15-16-27(24(32)6)33-29(39)17-18-31-34(33)28-11-8-9-14-30(28)40-31/h8-22H,1-7H3/p+1. The first kappa shape index (κ1) is 25.9. The summed E-state index contributed by atoms with van der Waals surface area (Å²) >= 11 is 0. The fourth-order valence-electron chi connectivity index (χ4n) is 6.29. The number of rotatable bonds is 5. The first-order valence-corrected chi connectivity index (χ1v) is 14.1. The van der Waals surface area contributed by atoms with Gasteiger partial charge in [-0.1, -0.05) is 76.2 Å². The molecule has 202 valence electrons. The van der Waals surface area contributed by atoms with E-state index in [1.807, 2.05) is 24.3 Å². The molecule has 0 aliphatic rings. The number of aromatic hydroxyl groups is 1. The Bertz CT molecular complexity index is 1880. The van der Waals surface area contributed by atoms with Crippen molar-refractivity contribution in [2.24, 2.45) is 7.05 Å². The molecular formula is C36H37N2O2+. The number of benzene rings is 4. The Morgan fingerprint density at radius 2 is 1.48 bits per heavy atom. The predicted octanol–water partition coefficient (Wildman–Crippen LogP) is 9.10. The number of para-hydroxylation sites is 2. The van der Waals surface area contributed by atoms with Crippen molar-refractivity contribution in [2.75, 3.05) is 0 Å². The molecule has 0 atom stereocenters. The van der Waals surface area contributed by atoms with Crippen molar-refractivity contribution in [3.05, 3.63) is 101 Å². The van der Waals surface area contributed by atoms with Gasteiger partial charge < -0.3 is 9.52 Å². The third kappa shape index (κ3) is 3.93. The molecule has 0 fully saturated rings. The highest BCUT2D eigenvalue weighted by atomic mass is 16.3. The summed E-state index contributed by atoms with van der Waals surface area (Å²) in [5.41, 5.74) is 10.8. The molecule has 1 N–H and O–H groups in total. The van der Waals surface area contributed by atoms with E-state index in [-0.39, 0.29) is 5.75 Å². The van der Waals surface area contributed by atoms with Crippen LogP contribution in [0, 0.1) is 13.8 Å². The minimum Gasteiger partial charge on any atom is -0.507 e. The van der Waals surface area contributed by atoms with Crippen LogP contribution in [0.15, 0.2) is 83.5 Å². The lowest BCUT2D eigenvalue weighted by Gasteiger charge is -2.19. The van der Waals surface area contributed by atoms with E-state index in [9.17, 15) is 5.11 Å². The van der Waals surface area contributed by atoms with Gasteiger partial charge in [0.1, 0.15) is 35.0 Å². The van der Waals surface area contributed by atoms with E-state index < -0.39 is 0 Å². The number of aromatic nitrogens is 2. The molecule has 40 heavy (non-hydrogen) atoms. The Morgan fingerprint density at radius 3 is 2.17 bits per heavy atom. The molecule has 2 heterocycles. The summed E-state index contributed by atoms with van der Waals surface area (Å²) in [6.45, 7) is 13.4. The van der Waals surface area contributed by atoms with Crippen LogP contribution in [-0.2, 0) is 7.05 Å². The molecule has 2 aromatic heterocycles. The maximum Gasteiger partial charge on any atom is 0.294 e. The number of aryl methyl sites for hydroxylation is 2. The molecule has 0 saturated carbocycles. The molecule has 0 amide bonds. The Kier molecular flexibility index (Phi) is 6.29. The number of imidazole rings is 1. The van der Waals surface area contributed by atoms with Gasteiger partial charge in [-0.05, 0) is 60.6 Å². The summed E-state index contributed by atoms with van der Waals surface area (Å²) in [6, 6.07) is 22.7. The summed E-state index contributed by atoms with van der Waals surface area (Å²) in [6.07, 6.45) is 4.33. The molecular weight excluding hydrogens is 492 g/mol. The van der Waals surface area contributed by atoms with Crippen molar-refractivity contribution >= 4 is 21.9 Å². The quantitative estimate of drug-likeness (QED) is 0.226. The van der Waals surface area contributed by atoms with Crippen molar-refractivity contribution in [3.63, 3.8) is 0 Å². The zero-order valence-corrected chi connectivity index (χ0v) is 24.4. The van der Waals surface area contributed by atoms with Gasteiger partial charge >= 0.3 is 0 Å².